The molecule has 86 valence electrons. The van der Waals surface area contributed by atoms with Crippen molar-refractivity contribution in [3.05, 3.63) is 16.1 Å². The third-order valence-corrected chi connectivity index (χ3v) is 2.97. The van der Waals surface area contributed by atoms with Gasteiger partial charge in [-0.15, -0.1) is 11.3 Å². The van der Waals surface area contributed by atoms with Crippen LogP contribution in [0.3, 0.4) is 0 Å². The normalized spacial score (nSPS) is 15.6. The van der Waals surface area contributed by atoms with Gasteiger partial charge in [-0.25, -0.2) is 4.98 Å². The van der Waals surface area contributed by atoms with E-state index in [-0.39, 0.29) is 6.61 Å². The summed E-state index contributed by atoms with van der Waals surface area (Å²) in [6, 6.07) is 0. The van der Waals surface area contributed by atoms with E-state index >= 15 is 0 Å². The Hall–Kier alpha value is -0.490. The summed E-state index contributed by atoms with van der Waals surface area (Å²) in [5.41, 5.74) is 5.30. The second-order valence-electron chi connectivity index (χ2n) is 4.45. The maximum atomic E-state index is 9.05. The topological polar surface area (TPSA) is 62.4 Å². The van der Waals surface area contributed by atoms with Gasteiger partial charge in [-0.1, -0.05) is 0 Å². The monoisotopic (exact) mass is 229 g/mol. The molecule has 0 saturated carbocycles. The summed E-state index contributed by atoms with van der Waals surface area (Å²) >= 11 is 1.66. The first-order valence-corrected chi connectivity index (χ1v) is 5.72. The molecule has 0 saturated heterocycles. The molecule has 1 atom stereocenters. The van der Waals surface area contributed by atoms with Crippen molar-refractivity contribution >= 4 is 11.3 Å². The van der Waals surface area contributed by atoms with Crippen molar-refractivity contribution in [2.24, 2.45) is 5.73 Å². The van der Waals surface area contributed by atoms with Gasteiger partial charge in [0, 0.05) is 29.6 Å². The van der Waals surface area contributed by atoms with Crippen molar-refractivity contribution < 1.29 is 5.11 Å². The summed E-state index contributed by atoms with van der Waals surface area (Å²) in [5, 5.41) is 10.0. The van der Waals surface area contributed by atoms with Crippen molar-refractivity contribution in [1.82, 2.24) is 9.88 Å². The summed E-state index contributed by atoms with van der Waals surface area (Å²) < 4.78 is 0. The highest BCUT2D eigenvalue weighted by Gasteiger charge is 2.19. The SMILES string of the molecule is CN(C)Cc1cnc(CC(C)(N)CO)s1. The van der Waals surface area contributed by atoms with Gasteiger partial charge in [0.05, 0.1) is 11.6 Å². The van der Waals surface area contributed by atoms with Crippen LogP contribution in [-0.2, 0) is 13.0 Å². The van der Waals surface area contributed by atoms with Crippen LogP contribution in [0.4, 0.5) is 0 Å². The van der Waals surface area contributed by atoms with Gasteiger partial charge in [0.25, 0.3) is 0 Å². The lowest BCUT2D eigenvalue weighted by Gasteiger charge is -2.19. The summed E-state index contributed by atoms with van der Waals surface area (Å²) in [7, 11) is 4.06. The molecule has 4 nitrogen and oxygen atoms in total. The molecule has 1 aromatic rings. The minimum Gasteiger partial charge on any atom is -0.394 e. The number of thiazole rings is 1. The van der Waals surface area contributed by atoms with Crippen LogP contribution < -0.4 is 5.73 Å². The quantitative estimate of drug-likeness (QED) is 0.770. The summed E-state index contributed by atoms with van der Waals surface area (Å²) in [5.74, 6) is 0. The zero-order valence-electron chi connectivity index (χ0n) is 9.53. The molecular weight excluding hydrogens is 210 g/mol. The Bertz CT molecular complexity index is 309. The number of aliphatic hydroxyl groups is 1. The lowest BCUT2D eigenvalue weighted by molar-refractivity contribution is 0.208. The second kappa shape index (κ2) is 5.03. The third kappa shape index (κ3) is 4.25. The standard InChI is InChI=1S/C10H19N3OS/c1-10(11,7-14)4-9-12-5-8(15-9)6-13(2)3/h5,14H,4,6-7,11H2,1-3H3. The van der Waals surface area contributed by atoms with E-state index in [1.807, 2.05) is 27.2 Å². The first-order valence-electron chi connectivity index (χ1n) is 4.91. The molecule has 1 rings (SSSR count). The number of hydrogen-bond donors (Lipinski definition) is 2. The van der Waals surface area contributed by atoms with E-state index < -0.39 is 5.54 Å². The summed E-state index contributed by atoms with van der Waals surface area (Å²) in [6.07, 6.45) is 2.51. The van der Waals surface area contributed by atoms with Crippen molar-refractivity contribution in [3.8, 4) is 0 Å². The molecule has 0 spiro atoms. The largest absolute Gasteiger partial charge is 0.394 e. The van der Waals surface area contributed by atoms with Crippen LogP contribution in [0.25, 0.3) is 0 Å². The fourth-order valence-corrected chi connectivity index (χ4v) is 2.45. The van der Waals surface area contributed by atoms with E-state index in [0.717, 1.165) is 11.6 Å². The van der Waals surface area contributed by atoms with E-state index in [1.165, 1.54) is 4.88 Å². The fourth-order valence-electron chi connectivity index (χ4n) is 1.22. The zero-order chi connectivity index (χ0) is 11.5. The van der Waals surface area contributed by atoms with Crippen molar-refractivity contribution in [1.29, 1.82) is 0 Å². The molecule has 5 heteroatoms. The van der Waals surface area contributed by atoms with E-state index in [9.17, 15) is 0 Å². The summed E-state index contributed by atoms with van der Waals surface area (Å²) in [6.45, 7) is 2.72. The van der Waals surface area contributed by atoms with Gasteiger partial charge < -0.3 is 15.7 Å². The Balaban J connectivity index is 2.60. The lowest BCUT2D eigenvalue weighted by atomic mass is 10.0. The first-order chi connectivity index (χ1) is 6.93. The van der Waals surface area contributed by atoms with Gasteiger partial charge in [-0.2, -0.15) is 0 Å². The highest BCUT2D eigenvalue weighted by atomic mass is 32.1. The van der Waals surface area contributed by atoms with Crippen LogP contribution in [0.1, 0.15) is 16.8 Å². The van der Waals surface area contributed by atoms with E-state index in [1.54, 1.807) is 11.3 Å². The summed E-state index contributed by atoms with van der Waals surface area (Å²) in [4.78, 5) is 7.63. The van der Waals surface area contributed by atoms with Gasteiger partial charge in [0.2, 0.25) is 0 Å². The molecule has 15 heavy (non-hydrogen) atoms. The van der Waals surface area contributed by atoms with Crippen LogP contribution >= 0.6 is 11.3 Å². The van der Waals surface area contributed by atoms with Crippen molar-refractivity contribution in [3.63, 3.8) is 0 Å². The van der Waals surface area contributed by atoms with Crippen LogP contribution in [-0.4, -0.2) is 41.2 Å². The maximum absolute atomic E-state index is 9.05. The highest BCUT2D eigenvalue weighted by Crippen LogP contribution is 2.18. The fraction of sp³-hybridized carbons (Fsp3) is 0.700. The number of nitrogens with zero attached hydrogens (tertiary/aromatic N) is 2. The van der Waals surface area contributed by atoms with E-state index in [0.29, 0.717) is 6.42 Å². The molecular formula is C10H19N3OS. The number of aromatic nitrogens is 1. The molecule has 0 fully saturated rings. The molecule has 0 aliphatic rings. The Kier molecular flexibility index (Phi) is 4.21. The zero-order valence-corrected chi connectivity index (χ0v) is 10.3. The lowest BCUT2D eigenvalue weighted by Crippen LogP contribution is -2.42. The molecule has 3 N–H and O–H groups in total. The van der Waals surface area contributed by atoms with Crippen LogP contribution in [0.2, 0.25) is 0 Å². The van der Waals surface area contributed by atoms with Crippen LogP contribution in [0.15, 0.2) is 6.20 Å². The third-order valence-electron chi connectivity index (χ3n) is 1.99. The minimum atomic E-state index is -0.562. The average molecular weight is 229 g/mol. The second-order valence-corrected chi connectivity index (χ2v) is 5.65. The van der Waals surface area contributed by atoms with Gasteiger partial charge in [-0.3, -0.25) is 0 Å². The molecule has 1 unspecified atom stereocenters. The molecule has 0 radical (unpaired) electrons. The molecule has 0 amide bonds. The smallest absolute Gasteiger partial charge is 0.0947 e. The maximum Gasteiger partial charge on any atom is 0.0947 e. The Labute approximate surface area is 94.7 Å². The molecule has 0 aliphatic heterocycles. The van der Waals surface area contributed by atoms with Gasteiger partial charge >= 0.3 is 0 Å². The van der Waals surface area contributed by atoms with E-state index in [4.69, 9.17) is 10.8 Å². The number of aliphatic hydroxyl groups excluding tert-OH is 1. The predicted octanol–water partition coefficient (Wildman–Crippen LogP) is 0.457. The van der Waals surface area contributed by atoms with Crippen molar-refractivity contribution in [2.75, 3.05) is 20.7 Å². The van der Waals surface area contributed by atoms with Gasteiger partial charge in [-0.05, 0) is 21.0 Å². The average Bonchev–Trinajstić information content (AvgIpc) is 2.50. The van der Waals surface area contributed by atoms with Gasteiger partial charge in [0.15, 0.2) is 0 Å². The molecule has 0 aromatic carbocycles. The molecule has 0 aliphatic carbocycles. The molecule has 1 heterocycles. The first kappa shape index (κ1) is 12.6. The van der Waals surface area contributed by atoms with Crippen LogP contribution in [0, 0.1) is 0 Å². The number of hydrogen-bond acceptors (Lipinski definition) is 5. The number of nitrogens with two attached hydrogens (primary N) is 1. The minimum absolute atomic E-state index is 0.0183. The molecule has 0 bridgehead atoms. The Morgan fingerprint density at radius 1 is 1.60 bits per heavy atom. The predicted molar refractivity (Wildman–Crippen MR) is 62.9 cm³/mol. The van der Waals surface area contributed by atoms with Crippen molar-refractivity contribution in [2.45, 2.75) is 25.4 Å². The van der Waals surface area contributed by atoms with E-state index in [2.05, 4.69) is 9.88 Å². The highest BCUT2D eigenvalue weighted by molar-refractivity contribution is 7.11. The molecule has 1 aromatic heterocycles. The van der Waals surface area contributed by atoms with Gasteiger partial charge in [0.1, 0.15) is 0 Å². The Morgan fingerprint density at radius 2 is 2.27 bits per heavy atom. The Morgan fingerprint density at radius 3 is 2.80 bits per heavy atom. The number of rotatable bonds is 5. The van der Waals surface area contributed by atoms with Crippen LogP contribution in [0.5, 0.6) is 0 Å².